The van der Waals surface area contributed by atoms with Crippen molar-refractivity contribution in [2.24, 2.45) is 5.10 Å². The lowest BCUT2D eigenvalue weighted by molar-refractivity contribution is 0.0987. The molecule has 0 saturated carbocycles. The van der Waals surface area contributed by atoms with Crippen LogP contribution >= 0.6 is 11.3 Å². The van der Waals surface area contributed by atoms with Crippen LogP contribution in [0.25, 0.3) is 10.2 Å². The zero-order chi connectivity index (χ0) is 31.3. The number of anilines is 1. The fraction of sp³-hybridized carbons (Fsp3) is 0.182. The maximum Gasteiger partial charge on any atom is 0.280 e. The number of carbonyl (C=O) groups is 1. The van der Waals surface area contributed by atoms with Gasteiger partial charge in [0.05, 0.1) is 27.9 Å². The molecule has 0 saturated heterocycles. The summed E-state index contributed by atoms with van der Waals surface area (Å²) in [5, 5.41) is 5.83. The molecular formula is C33H31FN4O4S2. The summed E-state index contributed by atoms with van der Waals surface area (Å²) >= 11 is 1.12. The second-order valence-electron chi connectivity index (χ2n) is 10.1. The van der Waals surface area contributed by atoms with E-state index in [0.29, 0.717) is 28.1 Å². The minimum atomic E-state index is -3.87. The molecule has 0 aliphatic rings. The van der Waals surface area contributed by atoms with Crippen LogP contribution in [0.3, 0.4) is 0 Å². The van der Waals surface area contributed by atoms with Crippen LogP contribution in [-0.2, 0) is 16.6 Å². The molecule has 44 heavy (non-hydrogen) atoms. The summed E-state index contributed by atoms with van der Waals surface area (Å²) < 4.78 is 48.6. The van der Waals surface area contributed by atoms with Gasteiger partial charge in [0.1, 0.15) is 11.6 Å². The number of rotatable bonds is 11. The number of halogens is 1. The van der Waals surface area contributed by atoms with Crippen LogP contribution < -0.4 is 9.75 Å². The second kappa shape index (κ2) is 13.5. The van der Waals surface area contributed by atoms with Crippen molar-refractivity contribution in [1.29, 1.82) is 0 Å². The van der Waals surface area contributed by atoms with Gasteiger partial charge < -0.3 is 4.74 Å². The van der Waals surface area contributed by atoms with E-state index in [2.05, 4.69) is 10.1 Å². The van der Waals surface area contributed by atoms with E-state index in [1.54, 1.807) is 30.3 Å². The number of aromatic nitrogens is 1. The molecule has 0 radical (unpaired) electrons. The number of fused-ring (bicyclic) bond motifs is 1. The maximum atomic E-state index is 13.9. The molecule has 0 bridgehead atoms. The molecule has 0 aliphatic carbocycles. The standard InChI is InChI=1S/C33H31FN4O4S2/c1-4-42-28-15-10-24(11-16-28)21-35-38(33-36-30-19-14-27(34)20-31(30)43-33)32(39)26-12-17-29(18-13-26)44(40,41)37(23(2)3)22-25-8-6-5-7-9-25/h5-21,23H,4,22H2,1-3H3/b35-21+. The van der Waals surface area contributed by atoms with Crippen LogP contribution in [0.5, 0.6) is 5.75 Å². The van der Waals surface area contributed by atoms with Gasteiger partial charge in [0.2, 0.25) is 15.2 Å². The Morgan fingerprint density at radius 1 is 1.00 bits per heavy atom. The number of thiazole rings is 1. The average molecular weight is 631 g/mol. The predicted molar refractivity (Wildman–Crippen MR) is 172 cm³/mol. The van der Waals surface area contributed by atoms with Gasteiger partial charge in [0, 0.05) is 18.2 Å². The zero-order valence-electron chi connectivity index (χ0n) is 24.4. The summed E-state index contributed by atoms with van der Waals surface area (Å²) in [4.78, 5) is 18.4. The Hall–Kier alpha value is -4.45. The topological polar surface area (TPSA) is 92.2 Å². The highest BCUT2D eigenvalue weighted by Gasteiger charge is 2.28. The first-order valence-corrected chi connectivity index (χ1v) is 16.2. The van der Waals surface area contributed by atoms with E-state index in [1.807, 2.05) is 51.1 Å². The molecule has 5 rings (SSSR count). The van der Waals surface area contributed by atoms with Crippen molar-refractivity contribution in [2.75, 3.05) is 11.6 Å². The van der Waals surface area contributed by atoms with Gasteiger partial charge in [-0.05, 0) is 98.6 Å². The van der Waals surface area contributed by atoms with E-state index >= 15 is 0 Å². The molecule has 4 aromatic carbocycles. The molecule has 1 amide bonds. The molecule has 0 aliphatic heterocycles. The van der Waals surface area contributed by atoms with Gasteiger partial charge in [0.25, 0.3) is 5.91 Å². The Labute approximate surface area is 260 Å². The summed E-state index contributed by atoms with van der Waals surface area (Å²) in [6.07, 6.45) is 1.52. The zero-order valence-corrected chi connectivity index (χ0v) is 26.1. The first-order chi connectivity index (χ1) is 21.2. The van der Waals surface area contributed by atoms with E-state index in [9.17, 15) is 17.6 Å². The second-order valence-corrected chi connectivity index (χ2v) is 13.0. The fourth-order valence-corrected chi connectivity index (χ4v) is 7.01. The third kappa shape index (κ3) is 7.02. The molecule has 0 spiro atoms. The minimum Gasteiger partial charge on any atom is -0.494 e. The number of benzene rings is 4. The number of amides is 1. The molecule has 5 aromatic rings. The van der Waals surface area contributed by atoms with E-state index < -0.39 is 21.7 Å². The molecule has 1 heterocycles. The van der Waals surface area contributed by atoms with Crippen molar-refractivity contribution in [2.45, 2.75) is 38.3 Å². The monoisotopic (exact) mass is 630 g/mol. The summed E-state index contributed by atoms with van der Waals surface area (Å²) in [6, 6.07) is 26.3. The number of carbonyl (C=O) groups excluding carboxylic acids is 1. The molecular weight excluding hydrogens is 600 g/mol. The molecule has 0 unspecified atom stereocenters. The fourth-order valence-electron chi connectivity index (χ4n) is 4.44. The summed E-state index contributed by atoms with van der Waals surface area (Å²) in [6.45, 7) is 6.30. The van der Waals surface area contributed by atoms with Crippen molar-refractivity contribution in [1.82, 2.24) is 9.29 Å². The number of hydrazone groups is 1. The third-order valence-corrected chi connectivity index (χ3v) is 9.72. The van der Waals surface area contributed by atoms with Crippen molar-refractivity contribution >= 4 is 48.8 Å². The summed E-state index contributed by atoms with van der Waals surface area (Å²) in [7, 11) is -3.87. The van der Waals surface area contributed by atoms with Crippen LogP contribution in [0.2, 0.25) is 0 Å². The maximum absolute atomic E-state index is 13.9. The number of ether oxygens (including phenoxy) is 1. The smallest absolute Gasteiger partial charge is 0.280 e. The summed E-state index contributed by atoms with van der Waals surface area (Å²) in [5.74, 6) is -0.232. The molecule has 1 aromatic heterocycles. The van der Waals surface area contributed by atoms with E-state index in [1.165, 1.54) is 46.9 Å². The lowest BCUT2D eigenvalue weighted by Gasteiger charge is -2.26. The highest BCUT2D eigenvalue weighted by Crippen LogP contribution is 2.31. The van der Waals surface area contributed by atoms with Crippen LogP contribution in [0, 0.1) is 5.82 Å². The van der Waals surface area contributed by atoms with Crippen LogP contribution in [0.15, 0.2) is 107 Å². The van der Waals surface area contributed by atoms with E-state index in [-0.39, 0.29) is 28.2 Å². The van der Waals surface area contributed by atoms with Crippen molar-refractivity contribution in [3.05, 3.63) is 120 Å². The largest absolute Gasteiger partial charge is 0.494 e. The molecule has 0 atom stereocenters. The number of nitrogens with zero attached hydrogens (tertiary/aromatic N) is 4. The van der Waals surface area contributed by atoms with Crippen LogP contribution in [0.4, 0.5) is 9.52 Å². The SMILES string of the molecule is CCOc1ccc(/C=N/N(C(=O)c2ccc(S(=O)(=O)N(Cc3ccccc3)C(C)C)cc2)c2nc3ccc(F)cc3s2)cc1. The summed E-state index contributed by atoms with van der Waals surface area (Å²) in [5.41, 5.74) is 2.31. The van der Waals surface area contributed by atoms with Gasteiger partial charge >= 0.3 is 0 Å². The number of sulfonamides is 1. The Morgan fingerprint density at radius 2 is 1.70 bits per heavy atom. The van der Waals surface area contributed by atoms with Crippen molar-refractivity contribution in [3.8, 4) is 5.75 Å². The van der Waals surface area contributed by atoms with Crippen molar-refractivity contribution < 1.29 is 22.3 Å². The molecule has 226 valence electrons. The molecule has 0 fully saturated rings. The Morgan fingerprint density at radius 3 is 2.36 bits per heavy atom. The quantitative estimate of drug-likeness (QED) is 0.115. The van der Waals surface area contributed by atoms with E-state index in [4.69, 9.17) is 4.74 Å². The first-order valence-electron chi connectivity index (χ1n) is 14.0. The molecule has 8 nitrogen and oxygen atoms in total. The van der Waals surface area contributed by atoms with Gasteiger partial charge in [0.15, 0.2) is 0 Å². The van der Waals surface area contributed by atoms with Gasteiger partial charge in [-0.3, -0.25) is 4.79 Å². The Bertz CT molecular complexity index is 1880. The number of hydrogen-bond donors (Lipinski definition) is 0. The predicted octanol–water partition coefficient (Wildman–Crippen LogP) is 7.11. The van der Waals surface area contributed by atoms with Gasteiger partial charge in [-0.2, -0.15) is 14.4 Å². The Kier molecular flexibility index (Phi) is 9.48. The van der Waals surface area contributed by atoms with Crippen LogP contribution in [-0.4, -0.2) is 42.5 Å². The first kappa shape index (κ1) is 31.0. The average Bonchev–Trinajstić information content (AvgIpc) is 3.44. The van der Waals surface area contributed by atoms with E-state index in [0.717, 1.165) is 21.9 Å². The number of hydrogen-bond acceptors (Lipinski definition) is 7. The lowest BCUT2D eigenvalue weighted by atomic mass is 10.2. The lowest BCUT2D eigenvalue weighted by Crippen LogP contribution is -2.36. The van der Waals surface area contributed by atoms with Gasteiger partial charge in [-0.25, -0.2) is 17.8 Å². The van der Waals surface area contributed by atoms with Gasteiger partial charge in [-0.15, -0.1) is 0 Å². The minimum absolute atomic E-state index is 0.0681. The highest BCUT2D eigenvalue weighted by molar-refractivity contribution is 7.89. The molecule has 0 N–H and O–H groups in total. The highest BCUT2D eigenvalue weighted by atomic mass is 32.2. The van der Waals surface area contributed by atoms with Gasteiger partial charge in [-0.1, -0.05) is 41.7 Å². The Balaban J connectivity index is 1.45. The molecule has 11 heteroatoms. The van der Waals surface area contributed by atoms with Crippen molar-refractivity contribution in [3.63, 3.8) is 0 Å². The third-order valence-electron chi connectivity index (χ3n) is 6.69. The normalized spacial score (nSPS) is 12.0. The van der Waals surface area contributed by atoms with Crippen LogP contribution in [0.1, 0.15) is 42.3 Å².